The first-order valence-corrected chi connectivity index (χ1v) is 9.66. The van der Waals surface area contributed by atoms with Crippen LogP contribution in [0.2, 0.25) is 0 Å². The maximum atomic E-state index is 12.3. The fourth-order valence-corrected chi connectivity index (χ4v) is 4.61. The summed E-state index contributed by atoms with van der Waals surface area (Å²) in [7, 11) is 0. The molecule has 2 heterocycles. The van der Waals surface area contributed by atoms with E-state index in [0.717, 1.165) is 23.7 Å². The fraction of sp³-hybridized carbons (Fsp3) is 0.600. The first-order chi connectivity index (χ1) is 12.2. The van der Waals surface area contributed by atoms with Gasteiger partial charge >= 0.3 is 0 Å². The molecule has 1 aliphatic carbocycles. The summed E-state index contributed by atoms with van der Waals surface area (Å²) in [5, 5.41) is 6.15. The van der Waals surface area contributed by atoms with E-state index < -0.39 is 0 Å². The monoisotopic (exact) mass is 341 g/mol. The van der Waals surface area contributed by atoms with Crippen molar-refractivity contribution in [1.82, 2.24) is 5.32 Å². The van der Waals surface area contributed by atoms with Crippen molar-refractivity contribution in [3.63, 3.8) is 0 Å². The second kappa shape index (κ2) is 7.06. The minimum absolute atomic E-state index is 0.0395. The van der Waals surface area contributed by atoms with E-state index >= 15 is 0 Å². The zero-order chi connectivity index (χ0) is 17.2. The van der Waals surface area contributed by atoms with Gasteiger partial charge in [0.2, 0.25) is 11.8 Å². The highest BCUT2D eigenvalue weighted by atomic mass is 16.2. The van der Waals surface area contributed by atoms with Gasteiger partial charge in [-0.1, -0.05) is 44.2 Å². The van der Waals surface area contributed by atoms with Gasteiger partial charge in [-0.2, -0.15) is 0 Å². The minimum atomic E-state index is -0.168. The third-order valence-corrected chi connectivity index (χ3v) is 5.94. The summed E-state index contributed by atoms with van der Waals surface area (Å²) in [4.78, 5) is 26.8. The van der Waals surface area contributed by atoms with Crippen molar-refractivity contribution in [2.45, 2.75) is 63.5 Å². The molecule has 1 aromatic carbocycles. The minimum Gasteiger partial charge on any atom is -0.356 e. The summed E-state index contributed by atoms with van der Waals surface area (Å²) in [6.45, 7) is 0.713. The van der Waals surface area contributed by atoms with Gasteiger partial charge < -0.3 is 15.5 Å². The normalized spacial score (nSPS) is 25.9. The Morgan fingerprint density at radius 2 is 2.00 bits per heavy atom. The molecule has 2 unspecified atom stereocenters. The molecular formula is C20H27N3O2. The first-order valence-electron chi connectivity index (χ1n) is 9.66. The Hall–Kier alpha value is -2.04. The SMILES string of the molecule is O=C(CCC1CCCCC1)NC1CC2C(=O)Nc3ccccc3N2C1. The molecule has 5 heteroatoms. The number of hydrogen-bond acceptors (Lipinski definition) is 3. The standard InChI is InChI=1S/C20H27N3O2/c24-19(11-10-14-6-2-1-3-7-14)21-15-12-18-20(25)22-16-8-4-5-9-17(16)23(18)13-15/h4-5,8-9,14-15,18H,1-3,6-7,10-13H2,(H,21,24)(H,22,25). The quantitative estimate of drug-likeness (QED) is 0.885. The second-order valence-corrected chi connectivity index (χ2v) is 7.72. The number of para-hydroxylation sites is 2. The summed E-state index contributed by atoms with van der Waals surface area (Å²) in [6, 6.07) is 7.78. The average molecular weight is 341 g/mol. The molecule has 1 aromatic rings. The zero-order valence-corrected chi connectivity index (χ0v) is 14.7. The van der Waals surface area contributed by atoms with E-state index in [2.05, 4.69) is 15.5 Å². The third-order valence-electron chi connectivity index (χ3n) is 5.94. The lowest BCUT2D eigenvalue weighted by Gasteiger charge is -2.32. The molecule has 4 rings (SSSR count). The van der Waals surface area contributed by atoms with E-state index in [-0.39, 0.29) is 23.9 Å². The summed E-state index contributed by atoms with van der Waals surface area (Å²) in [6.07, 6.45) is 8.87. The molecule has 2 amide bonds. The molecular weight excluding hydrogens is 314 g/mol. The number of carbonyl (C=O) groups excluding carboxylic acids is 2. The van der Waals surface area contributed by atoms with E-state index in [1.54, 1.807) is 0 Å². The van der Waals surface area contributed by atoms with E-state index in [9.17, 15) is 9.59 Å². The Balaban J connectivity index is 1.33. The van der Waals surface area contributed by atoms with Crippen LogP contribution in [0.3, 0.4) is 0 Å². The van der Waals surface area contributed by atoms with Crippen molar-refractivity contribution in [2.75, 3.05) is 16.8 Å². The lowest BCUT2D eigenvalue weighted by Crippen LogP contribution is -2.44. The smallest absolute Gasteiger partial charge is 0.247 e. The molecule has 2 fully saturated rings. The van der Waals surface area contributed by atoms with Crippen molar-refractivity contribution in [2.24, 2.45) is 5.92 Å². The van der Waals surface area contributed by atoms with Crippen LogP contribution < -0.4 is 15.5 Å². The first kappa shape index (κ1) is 16.4. The van der Waals surface area contributed by atoms with Gasteiger partial charge in [0, 0.05) is 19.0 Å². The maximum absolute atomic E-state index is 12.3. The highest BCUT2D eigenvalue weighted by Crippen LogP contribution is 2.36. The van der Waals surface area contributed by atoms with Crippen molar-refractivity contribution >= 4 is 23.2 Å². The van der Waals surface area contributed by atoms with Crippen molar-refractivity contribution in [3.8, 4) is 0 Å². The molecule has 2 atom stereocenters. The molecule has 1 saturated carbocycles. The molecule has 0 spiro atoms. The van der Waals surface area contributed by atoms with Crippen LogP contribution in [-0.4, -0.2) is 30.4 Å². The summed E-state index contributed by atoms with van der Waals surface area (Å²) >= 11 is 0. The number of amides is 2. The molecule has 0 radical (unpaired) electrons. The zero-order valence-electron chi connectivity index (χ0n) is 14.7. The summed E-state index contributed by atoms with van der Waals surface area (Å²) in [5.41, 5.74) is 1.93. The Morgan fingerprint density at radius 3 is 2.84 bits per heavy atom. The van der Waals surface area contributed by atoms with Crippen molar-refractivity contribution < 1.29 is 9.59 Å². The van der Waals surface area contributed by atoms with E-state index in [1.807, 2.05) is 24.3 Å². The predicted molar refractivity (Wildman–Crippen MR) is 98.6 cm³/mol. The number of rotatable bonds is 4. The van der Waals surface area contributed by atoms with Gasteiger partial charge in [0.25, 0.3) is 0 Å². The molecule has 5 nitrogen and oxygen atoms in total. The van der Waals surface area contributed by atoms with Gasteiger partial charge in [-0.25, -0.2) is 0 Å². The molecule has 3 aliphatic rings. The van der Waals surface area contributed by atoms with Crippen LogP contribution in [0.5, 0.6) is 0 Å². The number of hydrogen-bond donors (Lipinski definition) is 2. The fourth-order valence-electron chi connectivity index (χ4n) is 4.61. The molecule has 0 bridgehead atoms. The molecule has 2 N–H and O–H groups in total. The highest BCUT2D eigenvalue weighted by Gasteiger charge is 2.41. The van der Waals surface area contributed by atoms with Gasteiger partial charge in [-0.15, -0.1) is 0 Å². The number of anilines is 2. The Kier molecular flexibility index (Phi) is 4.64. The van der Waals surface area contributed by atoms with Gasteiger partial charge in [-0.05, 0) is 30.9 Å². The van der Waals surface area contributed by atoms with E-state index in [1.165, 1.54) is 32.1 Å². The van der Waals surface area contributed by atoms with Gasteiger partial charge in [0.05, 0.1) is 11.4 Å². The predicted octanol–water partition coefficient (Wildman–Crippen LogP) is 3.06. The second-order valence-electron chi connectivity index (χ2n) is 7.72. The van der Waals surface area contributed by atoms with Gasteiger partial charge in [0.1, 0.15) is 6.04 Å². The molecule has 1 saturated heterocycles. The highest BCUT2D eigenvalue weighted by molar-refractivity contribution is 6.04. The van der Waals surface area contributed by atoms with Crippen LogP contribution in [0.4, 0.5) is 11.4 Å². The Morgan fingerprint density at radius 1 is 1.20 bits per heavy atom. The maximum Gasteiger partial charge on any atom is 0.247 e. The third kappa shape index (κ3) is 3.51. The molecule has 2 aliphatic heterocycles. The van der Waals surface area contributed by atoms with Crippen LogP contribution >= 0.6 is 0 Å². The van der Waals surface area contributed by atoms with Crippen LogP contribution in [-0.2, 0) is 9.59 Å². The molecule has 0 aromatic heterocycles. The number of benzene rings is 1. The average Bonchev–Trinajstić information content (AvgIpc) is 3.05. The van der Waals surface area contributed by atoms with Crippen LogP contribution in [0, 0.1) is 5.92 Å². The Labute approximate surface area is 149 Å². The topological polar surface area (TPSA) is 61.4 Å². The van der Waals surface area contributed by atoms with Gasteiger partial charge in [0.15, 0.2) is 0 Å². The summed E-state index contributed by atoms with van der Waals surface area (Å²) in [5.74, 6) is 0.911. The summed E-state index contributed by atoms with van der Waals surface area (Å²) < 4.78 is 0. The number of nitrogens with one attached hydrogen (secondary N) is 2. The van der Waals surface area contributed by atoms with Crippen LogP contribution in [0.15, 0.2) is 24.3 Å². The lowest BCUT2D eigenvalue weighted by molar-refractivity contribution is -0.122. The van der Waals surface area contributed by atoms with E-state index in [4.69, 9.17) is 0 Å². The van der Waals surface area contributed by atoms with Crippen molar-refractivity contribution in [1.29, 1.82) is 0 Å². The van der Waals surface area contributed by atoms with E-state index in [0.29, 0.717) is 19.4 Å². The lowest BCUT2D eigenvalue weighted by atomic mass is 9.86. The largest absolute Gasteiger partial charge is 0.356 e. The van der Waals surface area contributed by atoms with Crippen molar-refractivity contribution in [3.05, 3.63) is 24.3 Å². The molecule has 134 valence electrons. The Bertz CT molecular complexity index is 654. The van der Waals surface area contributed by atoms with Crippen LogP contribution in [0.25, 0.3) is 0 Å². The number of fused-ring (bicyclic) bond motifs is 3. The van der Waals surface area contributed by atoms with Crippen LogP contribution in [0.1, 0.15) is 51.4 Å². The number of nitrogens with zero attached hydrogens (tertiary/aromatic N) is 1. The number of carbonyl (C=O) groups is 2. The molecule has 25 heavy (non-hydrogen) atoms. The van der Waals surface area contributed by atoms with Gasteiger partial charge in [-0.3, -0.25) is 9.59 Å².